The third kappa shape index (κ3) is 3.66. The van der Waals surface area contributed by atoms with Gasteiger partial charge < -0.3 is 10.1 Å². The number of aromatic amines is 1. The van der Waals surface area contributed by atoms with Gasteiger partial charge in [0.05, 0.1) is 12.1 Å². The highest BCUT2D eigenvalue weighted by atomic mass is 19.1. The van der Waals surface area contributed by atoms with Crippen molar-refractivity contribution in [1.82, 2.24) is 15.5 Å². The minimum absolute atomic E-state index is 0.218. The predicted molar refractivity (Wildman–Crippen MR) is 84.9 cm³/mol. The molecule has 1 amide bonds. The molecule has 5 nitrogen and oxygen atoms in total. The molecule has 2 N–H and O–H groups in total. The number of hydrogen-bond acceptors (Lipinski definition) is 3. The number of ether oxygens (including phenoxy) is 1. The fourth-order valence-corrected chi connectivity index (χ4v) is 2.22. The van der Waals surface area contributed by atoms with Gasteiger partial charge in [0.15, 0.2) is 5.69 Å². The van der Waals surface area contributed by atoms with E-state index in [4.69, 9.17) is 4.74 Å². The topological polar surface area (TPSA) is 67.0 Å². The number of H-pyrrole nitrogens is 1. The molecule has 2 aromatic carbocycles. The lowest BCUT2D eigenvalue weighted by molar-refractivity contribution is 0.0948. The lowest BCUT2D eigenvalue weighted by Crippen LogP contribution is -2.26. The van der Waals surface area contributed by atoms with Crippen LogP contribution in [0.3, 0.4) is 0 Å². The van der Waals surface area contributed by atoms with E-state index in [-0.39, 0.29) is 11.7 Å². The van der Waals surface area contributed by atoms with Gasteiger partial charge in [-0.25, -0.2) is 4.39 Å². The number of halogens is 1. The first-order chi connectivity index (χ1) is 11.2. The smallest absolute Gasteiger partial charge is 0.272 e. The highest BCUT2D eigenvalue weighted by molar-refractivity contribution is 6.04. The Morgan fingerprint density at radius 2 is 1.96 bits per heavy atom. The Morgan fingerprint density at radius 3 is 2.78 bits per heavy atom. The Balaban J connectivity index is 1.45. The number of para-hydroxylation sites is 1. The van der Waals surface area contributed by atoms with Crippen LogP contribution in [0.4, 0.5) is 4.39 Å². The number of carbonyl (C=O) groups is 1. The number of nitrogens with one attached hydrogen (secondary N) is 2. The molecule has 0 saturated heterocycles. The fourth-order valence-electron chi connectivity index (χ4n) is 2.22. The zero-order valence-corrected chi connectivity index (χ0v) is 12.4. The van der Waals surface area contributed by atoms with Crippen LogP contribution < -0.4 is 10.1 Å². The number of nitrogens with zero attached hydrogens (tertiary/aromatic N) is 1. The van der Waals surface area contributed by atoms with Gasteiger partial charge in [0.2, 0.25) is 0 Å². The molecule has 0 fully saturated rings. The Hall–Kier alpha value is -2.89. The molecule has 0 spiro atoms. The third-order valence-corrected chi connectivity index (χ3v) is 3.37. The number of amides is 1. The lowest BCUT2D eigenvalue weighted by Gasteiger charge is -2.06. The summed E-state index contributed by atoms with van der Waals surface area (Å²) in [5.41, 5.74) is 1.22. The highest BCUT2D eigenvalue weighted by Gasteiger charge is 2.12. The SMILES string of the molecule is O=C(NCCCOc1ccc(F)cc1)c1n[nH]c2ccccc12. The second-order valence-electron chi connectivity index (χ2n) is 5.03. The van der Waals surface area contributed by atoms with Crippen molar-refractivity contribution in [2.75, 3.05) is 13.2 Å². The zero-order valence-electron chi connectivity index (χ0n) is 12.4. The summed E-state index contributed by atoms with van der Waals surface area (Å²) in [6.07, 6.45) is 0.644. The lowest BCUT2D eigenvalue weighted by atomic mass is 10.2. The van der Waals surface area contributed by atoms with E-state index in [1.54, 1.807) is 12.1 Å². The average molecular weight is 313 g/mol. The standard InChI is InChI=1S/C17H16FN3O2/c18-12-6-8-13(9-7-12)23-11-3-10-19-17(22)16-14-4-1-2-5-15(14)20-21-16/h1-2,4-9H,3,10-11H2,(H,19,22)(H,20,21). The Labute approximate surface area is 132 Å². The molecule has 1 aromatic heterocycles. The maximum absolute atomic E-state index is 12.8. The molecule has 0 aliphatic carbocycles. The van der Waals surface area contributed by atoms with Gasteiger partial charge in [-0.1, -0.05) is 18.2 Å². The maximum Gasteiger partial charge on any atom is 0.272 e. The predicted octanol–water partition coefficient (Wildman–Crippen LogP) is 2.90. The quantitative estimate of drug-likeness (QED) is 0.688. The average Bonchev–Trinajstić information content (AvgIpc) is 3.00. The normalized spacial score (nSPS) is 10.7. The monoisotopic (exact) mass is 313 g/mol. The van der Waals surface area contributed by atoms with Crippen LogP contribution in [0.15, 0.2) is 48.5 Å². The molecular formula is C17H16FN3O2. The van der Waals surface area contributed by atoms with E-state index in [2.05, 4.69) is 15.5 Å². The van der Waals surface area contributed by atoms with E-state index in [0.717, 1.165) is 10.9 Å². The van der Waals surface area contributed by atoms with Gasteiger partial charge in [0, 0.05) is 11.9 Å². The summed E-state index contributed by atoms with van der Waals surface area (Å²) >= 11 is 0. The van der Waals surface area contributed by atoms with E-state index >= 15 is 0 Å². The first-order valence-electron chi connectivity index (χ1n) is 7.34. The van der Waals surface area contributed by atoms with Crippen molar-refractivity contribution >= 4 is 16.8 Å². The summed E-state index contributed by atoms with van der Waals surface area (Å²) in [6.45, 7) is 0.911. The second kappa shape index (κ2) is 6.91. The molecule has 118 valence electrons. The van der Waals surface area contributed by atoms with Crippen LogP contribution in [0.1, 0.15) is 16.9 Å². The first kappa shape index (κ1) is 15.0. The summed E-state index contributed by atoms with van der Waals surface area (Å²) in [6, 6.07) is 13.3. The van der Waals surface area contributed by atoms with Crippen molar-refractivity contribution in [2.24, 2.45) is 0 Å². The van der Waals surface area contributed by atoms with Crippen LogP contribution in [0.5, 0.6) is 5.75 Å². The van der Waals surface area contributed by atoms with Crippen LogP contribution >= 0.6 is 0 Å². The number of hydrogen-bond donors (Lipinski definition) is 2. The van der Waals surface area contributed by atoms with Crippen LogP contribution in [0, 0.1) is 5.82 Å². The molecule has 1 heterocycles. The largest absolute Gasteiger partial charge is 0.494 e. The number of benzene rings is 2. The highest BCUT2D eigenvalue weighted by Crippen LogP contribution is 2.14. The molecule has 0 aliphatic rings. The van der Waals surface area contributed by atoms with Crippen LogP contribution in [0.2, 0.25) is 0 Å². The van der Waals surface area contributed by atoms with Gasteiger partial charge in [0.1, 0.15) is 11.6 Å². The van der Waals surface area contributed by atoms with Gasteiger partial charge in [-0.3, -0.25) is 9.89 Å². The van der Waals surface area contributed by atoms with E-state index in [9.17, 15) is 9.18 Å². The van der Waals surface area contributed by atoms with Crippen LogP contribution in [0.25, 0.3) is 10.9 Å². The third-order valence-electron chi connectivity index (χ3n) is 3.37. The summed E-state index contributed by atoms with van der Waals surface area (Å²) < 4.78 is 18.2. The van der Waals surface area contributed by atoms with Crippen LogP contribution in [-0.2, 0) is 0 Å². The van der Waals surface area contributed by atoms with Crippen molar-refractivity contribution in [3.05, 3.63) is 60.0 Å². The molecule has 0 atom stereocenters. The minimum atomic E-state index is -0.296. The van der Waals surface area contributed by atoms with E-state index < -0.39 is 0 Å². The zero-order chi connectivity index (χ0) is 16.1. The summed E-state index contributed by atoms with van der Waals surface area (Å²) in [5.74, 6) is 0.0936. The fraction of sp³-hybridized carbons (Fsp3) is 0.176. The maximum atomic E-state index is 12.8. The van der Waals surface area contributed by atoms with Gasteiger partial charge in [-0.2, -0.15) is 5.10 Å². The number of rotatable bonds is 6. The second-order valence-corrected chi connectivity index (χ2v) is 5.03. The van der Waals surface area contributed by atoms with Crippen molar-refractivity contribution in [3.63, 3.8) is 0 Å². The molecule has 6 heteroatoms. The number of fused-ring (bicyclic) bond motifs is 1. The molecule has 0 saturated carbocycles. The Kier molecular flexibility index (Phi) is 4.52. The van der Waals surface area contributed by atoms with Gasteiger partial charge in [0.25, 0.3) is 5.91 Å². The van der Waals surface area contributed by atoms with E-state index in [0.29, 0.717) is 31.0 Å². The number of carbonyl (C=O) groups excluding carboxylic acids is 1. The first-order valence-corrected chi connectivity index (χ1v) is 7.34. The van der Waals surface area contributed by atoms with E-state index in [1.165, 1.54) is 12.1 Å². The summed E-state index contributed by atoms with van der Waals surface area (Å²) in [7, 11) is 0. The van der Waals surface area contributed by atoms with Gasteiger partial charge in [-0.15, -0.1) is 0 Å². The molecule has 3 aromatic rings. The molecule has 0 aliphatic heterocycles. The minimum Gasteiger partial charge on any atom is -0.494 e. The Morgan fingerprint density at radius 1 is 1.17 bits per heavy atom. The summed E-state index contributed by atoms with van der Waals surface area (Å²) in [4.78, 5) is 12.1. The molecule has 0 radical (unpaired) electrons. The van der Waals surface area contributed by atoms with Crippen molar-refractivity contribution in [2.45, 2.75) is 6.42 Å². The van der Waals surface area contributed by atoms with E-state index in [1.807, 2.05) is 24.3 Å². The van der Waals surface area contributed by atoms with Crippen LogP contribution in [-0.4, -0.2) is 29.3 Å². The molecule has 0 unspecified atom stereocenters. The molecular weight excluding hydrogens is 297 g/mol. The Bertz CT molecular complexity index is 799. The molecule has 3 rings (SSSR count). The van der Waals surface area contributed by atoms with Gasteiger partial charge >= 0.3 is 0 Å². The molecule has 23 heavy (non-hydrogen) atoms. The molecule has 0 bridgehead atoms. The van der Waals surface area contributed by atoms with Crippen molar-refractivity contribution in [3.8, 4) is 5.75 Å². The van der Waals surface area contributed by atoms with Gasteiger partial charge in [-0.05, 0) is 36.8 Å². The van der Waals surface area contributed by atoms with Crippen molar-refractivity contribution < 1.29 is 13.9 Å². The summed E-state index contributed by atoms with van der Waals surface area (Å²) in [5, 5.41) is 10.5. The van der Waals surface area contributed by atoms with Crippen molar-refractivity contribution in [1.29, 1.82) is 0 Å². The number of aromatic nitrogens is 2.